The van der Waals surface area contributed by atoms with Crippen molar-refractivity contribution in [1.29, 1.82) is 0 Å². The number of rotatable bonds is 33. The molecule has 0 rings (SSSR count). The van der Waals surface area contributed by atoms with Gasteiger partial charge in [-0.15, -0.1) is 0 Å². The Bertz CT molecular complexity index is 746. The maximum atomic E-state index is 12.8. The van der Waals surface area contributed by atoms with Gasteiger partial charge in [0, 0.05) is 32.5 Å². The molecule has 8 heteroatoms. The van der Waals surface area contributed by atoms with E-state index in [1.807, 2.05) is 36.0 Å². The Morgan fingerprint density at radius 1 is 0.489 bits per heavy atom. The fourth-order valence-electron chi connectivity index (χ4n) is 5.08. The maximum absolute atomic E-state index is 12.8. The van der Waals surface area contributed by atoms with Crippen molar-refractivity contribution in [1.82, 2.24) is 9.80 Å². The molecule has 0 aliphatic heterocycles. The van der Waals surface area contributed by atoms with Crippen LogP contribution in [0.5, 0.6) is 0 Å². The Morgan fingerprint density at radius 3 is 1.36 bits per heavy atom. The van der Waals surface area contributed by atoms with Crippen LogP contribution in [0.15, 0.2) is 24.3 Å². The molecular formula is C39H72N2O6. The first-order valence-electron chi connectivity index (χ1n) is 19.1. The van der Waals surface area contributed by atoms with Crippen LogP contribution in [0.2, 0.25) is 0 Å². The van der Waals surface area contributed by atoms with E-state index in [1.54, 1.807) is 0 Å². The number of ether oxygens (including phenoxy) is 3. The highest BCUT2D eigenvalue weighted by Crippen LogP contribution is 2.11. The van der Waals surface area contributed by atoms with Gasteiger partial charge in [-0.05, 0) is 65.5 Å². The van der Waals surface area contributed by atoms with Crippen LogP contribution in [0.3, 0.4) is 0 Å². The summed E-state index contributed by atoms with van der Waals surface area (Å²) < 4.78 is 16.1. The third-order valence-electron chi connectivity index (χ3n) is 8.10. The minimum absolute atomic E-state index is 0.122. The minimum Gasteiger partial charge on any atom is -0.461 e. The van der Waals surface area contributed by atoms with E-state index in [0.29, 0.717) is 52.3 Å². The Morgan fingerprint density at radius 2 is 0.915 bits per heavy atom. The number of amides is 1. The van der Waals surface area contributed by atoms with Crippen LogP contribution >= 0.6 is 0 Å². The number of allylic oxidation sites excluding steroid dienone is 2. The zero-order chi connectivity index (χ0) is 34.6. The van der Waals surface area contributed by atoms with Crippen LogP contribution in [0.25, 0.3) is 0 Å². The lowest BCUT2D eigenvalue weighted by atomic mass is 10.1. The van der Waals surface area contributed by atoms with Crippen molar-refractivity contribution in [2.75, 3.05) is 53.6 Å². The van der Waals surface area contributed by atoms with Gasteiger partial charge in [-0.25, -0.2) is 4.79 Å². The number of hydrogen-bond donors (Lipinski definition) is 0. The second kappa shape index (κ2) is 35.0. The summed E-state index contributed by atoms with van der Waals surface area (Å²) in [6.07, 6.45) is 30.5. The summed E-state index contributed by atoms with van der Waals surface area (Å²) >= 11 is 0. The van der Waals surface area contributed by atoms with E-state index < -0.39 is 0 Å². The van der Waals surface area contributed by atoms with Crippen molar-refractivity contribution in [2.45, 2.75) is 155 Å². The smallest absolute Gasteiger partial charge is 0.409 e. The van der Waals surface area contributed by atoms with Crippen LogP contribution in [-0.2, 0) is 23.8 Å². The summed E-state index contributed by atoms with van der Waals surface area (Å²) in [6.45, 7) is 7.64. The fourth-order valence-corrected chi connectivity index (χ4v) is 5.08. The highest BCUT2D eigenvalue weighted by molar-refractivity contribution is 5.69. The van der Waals surface area contributed by atoms with Gasteiger partial charge in [-0.2, -0.15) is 0 Å². The average molecular weight is 665 g/mol. The van der Waals surface area contributed by atoms with Crippen molar-refractivity contribution in [3.8, 4) is 0 Å². The lowest BCUT2D eigenvalue weighted by Gasteiger charge is -2.23. The Kier molecular flexibility index (Phi) is 33.2. The van der Waals surface area contributed by atoms with E-state index in [-0.39, 0.29) is 18.0 Å². The number of carbonyl (C=O) groups is 3. The summed E-state index contributed by atoms with van der Waals surface area (Å²) in [6, 6.07) is 0. The topological polar surface area (TPSA) is 85.4 Å². The zero-order valence-corrected chi connectivity index (χ0v) is 31.0. The van der Waals surface area contributed by atoms with Gasteiger partial charge in [0.25, 0.3) is 0 Å². The molecule has 274 valence electrons. The van der Waals surface area contributed by atoms with Gasteiger partial charge in [-0.3, -0.25) is 9.59 Å². The monoisotopic (exact) mass is 665 g/mol. The van der Waals surface area contributed by atoms with Crippen LogP contribution < -0.4 is 0 Å². The number of hydrogen-bond acceptors (Lipinski definition) is 7. The molecule has 0 heterocycles. The molecule has 0 spiro atoms. The lowest BCUT2D eigenvalue weighted by molar-refractivity contribution is -0.143. The maximum Gasteiger partial charge on any atom is 0.409 e. The molecular weight excluding hydrogens is 592 g/mol. The van der Waals surface area contributed by atoms with Gasteiger partial charge >= 0.3 is 18.0 Å². The molecule has 0 saturated heterocycles. The first-order valence-corrected chi connectivity index (χ1v) is 19.1. The van der Waals surface area contributed by atoms with E-state index in [1.165, 1.54) is 51.4 Å². The Balaban J connectivity index is 4.07. The molecule has 0 fully saturated rings. The van der Waals surface area contributed by atoms with Crippen LogP contribution in [0.1, 0.15) is 155 Å². The molecule has 0 aromatic rings. The molecule has 0 aromatic carbocycles. The normalized spacial score (nSPS) is 11.5. The summed E-state index contributed by atoms with van der Waals surface area (Å²) in [4.78, 5) is 40.5. The summed E-state index contributed by atoms with van der Waals surface area (Å²) in [7, 11) is 3.93. The average Bonchev–Trinajstić information content (AvgIpc) is 3.05. The summed E-state index contributed by atoms with van der Waals surface area (Å²) in [5.41, 5.74) is 0. The van der Waals surface area contributed by atoms with Crippen LogP contribution in [0, 0.1) is 0 Å². The third kappa shape index (κ3) is 33.3. The molecule has 0 N–H and O–H groups in total. The van der Waals surface area contributed by atoms with Crippen molar-refractivity contribution >= 4 is 18.0 Å². The van der Waals surface area contributed by atoms with Crippen molar-refractivity contribution < 1.29 is 28.6 Å². The molecule has 0 unspecified atom stereocenters. The fraction of sp³-hybridized carbons (Fsp3) is 0.821. The molecule has 0 atom stereocenters. The molecule has 0 radical (unpaired) electrons. The van der Waals surface area contributed by atoms with Gasteiger partial charge in [-0.1, -0.05) is 115 Å². The number of esters is 2. The highest BCUT2D eigenvalue weighted by atomic mass is 16.6. The Labute approximate surface area is 289 Å². The predicted molar refractivity (Wildman–Crippen MR) is 195 cm³/mol. The first-order chi connectivity index (χ1) is 22.9. The highest BCUT2D eigenvalue weighted by Gasteiger charge is 2.14. The quantitative estimate of drug-likeness (QED) is 0.0299. The van der Waals surface area contributed by atoms with Gasteiger partial charge in [0.2, 0.25) is 0 Å². The molecule has 0 saturated carbocycles. The van der Waals surface area contributed by atoms with Crippen molar-refractivity contribution in [2.24, 2.45) is 0 Å². The van der Waals surface area contributed by atoms with Gasteiger partial charge in [0.05, 0.1) is 0 Å². The van der Waals surface area contributed by atoms with E-state index >= 15 is 0 Å². The Hall–Kier alpha value is -2.35. The van der Waals surface area contributed by atoms with E-state index in [0.717, 1.165) is 77.0 Å². The van der Waals surface area contributed by atoms with E-state index in [9.17, 15) is 14.4 Å². The second-order valence-corrected chi connectivity index (χ2v) is 12.9. The molecule has 0 aromatic heterocycles. The minimum atomic E-state index is -0.234. The van der Waals surface area contributed by atoms with Crippen molar-refractivity contribution in [3.05, 3.63) is 24.3 Å². The molecule has 0 aliphatic rings. The van der Waals surface area contributed by atoms with E-state index in [4.69, 9.17) is 14.2 Å². The lowest BCUT2D eigenvalue weighted by Crippen LogP contribution is -2.35. The standard InChI is InChI=1S/C39H72N2O6/c1-5-7-9-11-13-21-27-34-45-37(42)29-23-17-15-19-25-31-41(39(44)47-36-33-40(3)4)32-26-20-16-18-24-30-38(43)46-35-28-22-14-12-10-8-6-2/h21-22,27-28H,5-20,23-26,29-36H2,1-4H3/b27-21-,28-22-. The first kappa shape index (κ1) is 44.6. The van der Waals surface area contributed by atoms with E-state index in [2.05, 4.69) is 26.0 Å². The molecule has 8 nitrogen and oxygen atoms in total. The van der Waals surface area contributed by atoms with Gasteiger partial charge in [0.15, 0.2) is 0 Å². The number of nitrogens with zero attached hydrogens (tertiary/aromatic N) is 2. The molecule has 1 amide bonds. The van der Waals surface area contributed by atoms with Crippen molar-refractivity contribution in [3.63, 3.8) is 0 Å². The zero-order valence-electron chi connectivity index (χ0n) is 31.0. The largest absolute Gasteiger partial charge is 0.461 e. The van der Waals surface area contributed by atoms with Crippen LogP contribution in [0.4, 0.5) is 4.79 Å². The third-order valence-corrected chi connectivity index (χ3v) is 8.10. The SMILES string of the molecule is CCCCCC/C=C\COC(=O)CCCCCCCN(CCCCCCCC(=O)OC/C=C\CCCCCC)C(=O)OCCN(C)C. The molecule has 0 aliphatic carbocycles. The summed E-state index contributed by atoms with van der Waals surface area (Å²) in [5.74, 6) is -0.244. The molecule has 47 heavy (non-hydrogen) atoms. The number of unbranched alkanes of at least 4 members (excludes halogenated alkanes) is 16. The summed E-state index contributed by atoms with van der Waals surface area (Å²) in [5, 5.41) is 0. The number of likely N-dealkylation sites (N-methyl/N-ethyl adjacent to an activating group) is 1. The van der Waals surface area contributed by atoms with Crippen LogP contribution in [-0.4, -0.2) is 81.4 Å². The predicted octanol–water partition coefficient (Wildman–Crippen LogP) is 9.81. The van der Waals surface area contributed by atoms with Gasteiger partial charge < -0.3 is 24.0 Å². The molecule has 0 bridgehead atoms. The van der Waals surface area contributed by atoms with Gasteiger partial charge in [0.1, 0.15) is 19.8 Å². The number of carbonyl (C=O) groups excluding carboxylic acids is 3. The second-order valence-electron chi connectivity index (χ2n) is 12.9.